The number of hydrogen-bond acceptors (Lipinski definition) is 6. The molecule has 6 nitrogen and oxygen atoms in total. The van der Waals surface area contributed by atoms with Gasteiger partial charge in [-0.2, -0.15) is 0 Å². The second kappa shape index (κ2) is 10.9. The third kappa shape index (κ3) is 4.17. The van der Waals surface area contributed by atoms with Gasteiger partial charge in [-0.05, 0) is 71.0 Å². The van der Waals surface area contributed by atoms with E-state index in [4.69, 9.17) is 18.9 Å². The number of rotatable bonds is 6. The Morgan fingerprint density at radius 3 is 2.04 bits per heavy atom. The molecule has 1 atom stereocenters. The van der Waals surface area contributed by atoms with Gasteiger partial charge in [-0.1, -0.05) is 67.6 Å². The highest BCUT2D eigenvalue weighted by Crippen LogP contribution is 2.58. The first-order chi connectivity index (χ1) is 22.5. The van der Waals surface area contributed by atoms with Crippen molar-refractivity contribution >= 4 is 22.5 Å². The van der Waals surface area contributed by atoms with Gasteiger partial charge in [0.15, 0.2) is 5.60 Å². The van der Waals surface area contributed by atoms with Gasteiger partial charge >= 0.3 is 0 Å². The van der Waals surface area contributed by atoms with E-state index in [-0.39, 0.29) is 0 Å². The molecule has 0 radical (unpaired) electrons. The van der Waals surface area contributed by atoms with Crippen molar-refractivity contribution in [3.8, 4) is 28.4 Å². The van der Waals surface area contributed by atoms with E-state index in [0.717, 1.165) is 85.7 Å². The number of nitrogens with zero attached hydrogens (tertiary/aromatic N) is 1. The lowest BCUT2D eigenvalue weighted by atomic mass is 9.79. The molecule has 5 aromatic rings. The molecule has 0 bridgehead atoms. The molecule has 1 unspecified atom stereocenters. The number of anilines is 1. The average Bonchev–Trinajstić information content (AvgIpc) is 3.40. The number of ether oxygens (including phenoxy) is 4. The van der Waals surface area contributed by atoms with Crippen molar-refractivity contribution in [2.75, 3.05) is 45.4 Å². The third-order valence-corrected chi connectivity index (χ3v) is 10.0. The van der Waals surface area contributed by atoms with Crippen LogP contribution in [-0.2, 0) is 15.9 Å². The lowest BCUT2D eigenvalue weighted by molar-refractivity contribution is 0.0801. The minimum atomic E-state index is -1.19. The summed E-state index contributed by atoms with van der Waals surface area (Å²) in [7, 11) is 3.34. The first kappa shape index (κ1) is 28.7. The van der Waals surface area contributed by atoms with E-state index in [1.54, 1.807) is 14.2 Å². The first-order valence-corrected chi connectivity index (χ1v) is 16.0. The summed E-state index contributed by atoms with van der Waals surface area (Å²) >= 11 is 0. The number of morpholine rings is 1. The molecule has 3 aliphatic rings. The van der Waals surface area contributed by atoms with E-state index in [1.807, 2.05) is 24.3 Å². The number of hydrogen-bond donors (Lipinski definition) is 1. The largest absolute Gasteiger partial charge is 0.497 e. The monoisotopic (exact) mass is 611 g/mol. The topological polar surface area (TPSA) is 60.4 Å². The van der Waals surface area contributed by atoms with Crippen molar-refractivity contribution in [1.29, 1.82) is 0 Å². The number of aliphatic hydroxyl groups is 1. The summed E-state index contributed by atoms with van der Waals surface area (Å²) in [5, 5.41) is 14.8. The molecule has 1 fully saturated rings. The molecule has 6 heteroatoms. The summed E-state index contributed by atoms with van der Waals surface area (Å²) in [5.74, 6) is 2.31. The normalized spacial score (nSPS) is 19.3. The third-order valence-electron chi connectivity index (χ3n) is 10.0. The fourth-order valence-electron chi connectivity index (χ4n) is 7.57. The summed E-state index contributed by atoms with van der Waals surface area (Å²) in [6.07, 6.45) is 4.82. The predicted molar refractivity (Wildman–Crippen MR) is 182 cm³/mol. The first-order valence-electron chi connectivity index (χ1n) is 16.0. The molecule has 0 spiro atoms. The second-order valence-corrected chi connectivity index (χ2v) is 12.2. The lowest BCUT2D eigenvalue weighted by Crippen LogP contribution is -2.36. The minimum Gasteiger partial charge on any atom is -0.497 e. The maximum absolute atomic E-state index is 12.8. The summed E-state index contributed by atoms with van der Waals surface area (Å²) < 4.78 is 23.9. The SMILES string of the molecule is CCC1(O)c2cc(N3CCOCC3)ccc2-c2c1c1c(c3ccccc23)OC(c2ccc(OC)cc2)(c2ccc(OC)cc2)C=C1. The van der Waals surface area contributed by atoms with Crippen LogP contribution in [0.25, 0.3) is 28.0 Å². The highest BCUT2D eigenvalue weighted by Gasteiger charge is 2.47. The van der Waals surface area contributed by atoms with Crippen molar-refractivity contribution in [1.82, 2.24) is 0 Å². The molecule has 232 valence electrons. The second-order valence-electron chi connectivity index (χ2n) is 12.2. The van der Waals surface area contributed by atoms with Crippen molar-refractivity contribution in [3.05, 3.63) is 125 Å². The lowest BCUT2D eigenvalue weighted by Gasteiger charge is -2.38. The molecule has 1 aliphatic carbocycles. The Morgan fingerprint density at radius 1 is 0.804 bits per heavy atom. The van der Waals surface area contributed by atoms with E-state index in [2.05, 4.69) is 90.7 Å². The summed E-state index contributed by atoms with van der Waals surface area (Å²) in [6.45, 7) is 5.15. The van der Waals surface area contributed by atoms with Gasteiger partial charge in [0.25, 0.3) is 0 Å². The predicted octanol–water partition coefficient (Wildman–Crippen LogP) is 7.67. The van der Waals surface area contributed by atoms with Crippen LogP contribution in [-0.4, -0.2) is 45.6 Å². The van der Waals surface area contributed by atoms with Gasteiger partial charge in [-0.3, -0.25) is 0 Å². The Labute approximate surface area is 269 Å². The van der Waals surface area contributed by atoms with Crippen LogP contribution in [0.5, 0.6) is 17.2 Å². The summed E-state index contributed by atoms with van der Waals surface area (Å²) in [5.41, 5.74) is 5.86. The molecule has 0 saturated carbocycles. The molecule has 46 heavy (non-hydrogen) atoms. The van der Waals surface area contributed by atoms with E-state index < -0.39 is 11.2 Å². The van der Waals surface area contributed by atoms with Crippen molar-refractivity contribution in [2.45, 2.75) is 24.5 Å². The summed E-state index contributed by atoms with van der Waals surface area (Å²) in [4.78, 5) is 2.34. The van der Waals surface area contributed by atoms with Crippen molar-refractivity contribution < 1.29 is 24.1 Å². The Bertz CT molecular complexity index is 1930. The van der Waals surface area contributed by atoms with E-state index in [1.165, 1.54) is 0 Å². The van der Waals surface area contributed by atoms with E-state index in [9.17, 15) is 5.11 Å². The molecule has 5 aromatic carbocycles. The standard InChI is InChI=1S/C40H37NO5/c1-4-39(42)35-25-28(41-21-23-45-24-22-41)13-18-33(35)36-31-7-5-6-8-32(31)38-34(37(36)39)19-20-40(46-38,26-9-14-29(43-2)15-10-26)27-11-16-30(44-3)17-12-27/h5-20,25,42H,4,21-24H2,1-3H3. The fraction of sp³-hybridized carbons (Fsp3) is 0.250. The number of fused-ring (bicyclic) bond motifs is 8. The zero-order valence-corrected chi connectivity index (χ0v) is 26.4. The van der Waals surface area contributed by atoms with Gasteiger partial charge in [0.1, 0.15) is 22.8 Å². The van der Waals surface area contributed by atoms with Crippen LogP contribution in [0.3, 0.4) is 0 Å². The smallest absolute Gasteiger partial charge is 0.178 e. The molecule has 1 saturated heterocycles. The van der Waals surface area contributed by atoms with Gasteiger partial charge in [0, 0.05) is 46.4 Å². The summed E-state index contributed by atoms with van der Waals surface area (Å²) in [6, 6.07) is 31.1. The van der Waals surface area contributed by atoms with Crippen LogP contribution >= 0.6 is 0 Å². The van der Waals surface area contributed by atoms with Gasteiger partial charge in [0.05, 0.1) is 27.4 Å². The molecule has 1 N–H and O–H groups in total. The molecular weight excluding hydrogens is 574 g/mol. The molecule has 2 aliphatic heterocycles. The van der Waals surface area contributed by atoms with Gasteiger partial charge < -0.3 is 29.0 Å². The maximum atomic E-state index is 12.8. The maximum Gasteiger partial charge on any atom is 0.178 e. The Hall–Kier alpha value is -4.78. The van der Waals surface area contributed by atoms with Crippen LogP contribution in [0, 0.1) is 0 Å². The van der Waals surface area contributed by atoms with Crippen LogP contribution in [0.4, 0.5) is 5.69 Å². The Kier molecular flexibility index (Phi) is 6.82. The van der Waals surface area contributed by atoms with Crippen LogP contribution in [0.2, 0.25) is 0 Å². The van der Waals surface area contributed by atoms with Crippen molar-refractivity contribution in [3.63, 3.8) is 0 Å². The molecule has 0 amide bonds. The van der Waals surface area contributed by atoms with Crippen molar-refractivity contribution in [2.24, 2.45) is 0 Å². The van der Waals surface area contributed by atoms with Crippen LogP contribution in [0.15, 0.2) is 97.1 Å². The van der Waals surface area contributed by atoms with Gasteiger partial charge in [-0.15, -0.1) is 0 Å². The quantitative estimate of drug-likeness (QED) is 0.213. The zero-order valence-electron chi connectivity index (χ0n) is 26.4. The number of methoxy groups -OCH3 is 2. The van der Waals surface area contributed by atoms with Crippen LogP contribution < -0.4 is 19.1 Å². The van der Waals surface area contributed by atoms with E-state index in [0.29, 0.717) is 19.6 Å². The Balaban J connectivity index is 1.36. The molecule has 8 rings (SSSR count). The highest BCUT2D eigenvalue weighted by atomic mass is 16.5. The Morgan fingerprint density at radius 2 is 1.43 bits per heavy atom. The average molecular weight is 612 g/mol. The van der Waals surface area contributed by atoms with E-state index >= 15 is 0 Å². The van der Waals surface area contributed by atoms with Crippen LogP contribution in [0.1, 0.15) is 41.2 Å². The highest BCUT2D eigenvalue weighted by molar-refractivity contribution is 6.08. The van der Waals surface area contributed by atoms with Gasteiger partial charge in [-0.25, -0.2) is 0 Å². The zero-order chi connectivity index (χ0) is 31.5. The fourth-order valence-corrected chi connectivity index (χ4v) is 7.57. The molecule has 0 aromatic heterocycles. The minimum absolute atomic E-state index is 0.528. The molecular formula is C40H37NO5. The molecule has 2 heterocycles. The number of benzene rings is 5. The van der Waals surface area contributed by atoms with Gasteiger partial charge in [0.2, 0.25) is 0 Å².